The van der Waals surface area contributed by atoms with Gasteiger partial charge in [-0.1, -0.05) is 18.2 Å². The second-order valence-corrected chi connectivity index (χ2v) is 6.14. The summed E-state index contributed by atoms with van der Waals surface area (Å²) in [4.78, 5) is 17.2. The second-order valence-electron chi connectivity index (χ2n) is 6.14. The fourth-order valence-electron chi connectivity index (χ4n) is 3.43. The van der Waals surface area contributed by atoms with E-state index in [1.165, 1.54) is 0 Å². The van der Waals surface area contributed by atoms with Gasteiger partial charge in [-0.2, -0.15) is 0 Å². The molecular weight excluding hydrogens is 296 g/mol. The fraction of sp³-hybridized carbons (Fsp3) is 0.588. The zero-order chi connectivity index (χ0) is 15.7. The highest BCUT2D eigenvalue weighted by Crippen LogP contribution is 2.44. The third-order valence-electron chi connectivity index (χ3n) is 4.67. The molecule has 0 aromatic heterocycles. The Morgan fingerprint density at radius 3 is 2.43 bits per heavy atom. The molecule has 6 heteroatoms. The van der Waals surface area contributed by atoms with Crippen molar-refractivity contribution in [3.8, 4) is 0 Å². The number of para-hydroxylation sites is 1. The number of hydrogen-bond donors (Lipinski definition) is 0. The lowest BCUT2D eigenvalue weighted by atomic mass is 10.1. The number of ether oxygens (including phenoxy) is 3. The highest BCUT2D eigenvalue weighted by Gasteiger charge is 2.54. The van der Waals surface area contributed by atoms with Gasteiger partial charge in [0, 0.05) is 18.7 Å². The van der Waals surface area contributed by atoms with Gasteiger partial charge in [0.1, 0.15) is 0 Å². The Morgan fingerprint density at radius 1 is 1.00 bits per heavy atom. The van der Waals surface area contributed by atoms with Crippen LogP contribution in [0.4, 0.5) is 5.69 Å². The molecule has 1 amide bonds. The molecular formula is C17H22N2O4. The number of nitrogens with zero attached hydrogens (tertiary/aromatic N) is 2. The number of fused-ring (bicyclic) bond motifs is 2. The number of anilines is 1. The molecule has 3 heterocycles. The summed E-state index contributed by atoms with van der Waals surface area (Å²) in [5.74, 6) is -1.36. The van der Waals surface area contributed by atoms with Gasteiger partial charge < -0.3 is 14.2 Å². The van der Waals surface area contributed by atoms with Crippen molar-refractivity contribution in [3.05, 3.63) is 29.8 Å². The Balaban J connectivity index is 1.66. The van der Waals surface area contributed by atoms with E-state index in [4.69, 9.17) is 14.2 Å². The highest BCUT2D eigenvalue weighted by molar-refractivity contribution is 6.06. The summed E-state index contributed by atoms with van der Waals surface area (Å²) in [6.07, 6.45) is 1.83. The van der Waals surface area contributed by atoms with Gasteiger partial charge in [-0.25, -0.2) is 0 Å². The molecule has 3 aliphatic heterocycles. The summed E-state index contributed by atoms with van der Waals surface area (Å²) in [6.45, 7) is 4.73. The Hall–Kier alpha value is -1.47. The second kappa shape index (κ2) is 6.20. The van der Waals surface area contributed by atoms with Crippen molar-refractivity contribution in [2.45, 2.75) is 18.6 Å². The molecule has 6 nitrogen and oxygen atoms in total. The van der Waals surface area contributed by atoms with Crippen molar-refractivity contribution < 1.29 is 19.0 Å². The monoisotopic (exact) mass is 318 g/mol. The van der Waals surface area contributed by atoms with Crippen LogP contribution in [-0.2, 0) is 24.8 Å². The van der Waals surface area contributed by atoms with Gasteiger partial charge in [0.25, 0.3) is 11.7 Å². The van der Waals surface area contributed by atoms with E-state index in [2.05, 4.69) is 4.90 Å². The van der Waals surface area contributed by atoms with Crippen LogP contribution < -0.4 is 4.90 Å². The van der Waals surface area contributed by atoms with E-state index in [9.17, 15) is 4.79 Å². The maximum absolute atomic E-state index is 13.2. The summed E-state index contributed by atoms with van der Waals surface area (Å²) in [5, 5.41) is 0. The van der Waals surface area contributed by atoms with Crippen LogP contribution in [0.25, 0.3) is 0 Å². The molecule has 1 aromatic carbocycles. The number of hydrogen-bond acceptors (Lipinski definition) is 5. The van der Waals surface area contributed by atoms with Crippen LogP contribution in [-0.4, -0.2) is 57.0 Å². The van der Waals surface area contributed by atoms with Gasteiger partial charge >= 0.3 is 0 Å². The quantitative estimate of drug-likeness (QED) is 0.823. The van der Waals surface area contributed by atoms with Crippen molar-refractivity contribution in [3.63, 3.8) is 0 Å². The summed E-state index contributed by atoms with van der Waals surface area (Å²) in [5.41, 5.74) is 1.73. The summed E-state index contributed by atoms with van der Waals surface area (Å²) < 4.78 is 17.3. The van der Waals surface area contributed by atoms with Gasteiger partial charge in [0.15, 0.2) is 0 Å². The molecule has 0 unspecified atom stereocenters. The third-order valence-corrected chi connectivity index (χ3v) is 4.67. The van der Waals surface area contributed by atoms with Crippen LogP contribution in [0.1, 0.15) is 18.4 Å². The van der Waals surface area contributed by atoms with Gasteiger partial charge in [-0.05, 0) is 18.9 Å². The van der Waals surface area contributed by atoms with Gasteiger partial charge in [0.2, 0.25) is 0 Å². The van der Waals surface area contributed by atoms with E-state index in [0.29, 0.717) is 33.1 Å². The van der Waals surface area contributed by atoms with Crippen LogP contribution in [0.3, 0.4) is 0 Å². The molecule has 2 fully saturated rings. The van der Waals surface area contributed by atoms with E-state index in [-0.39, 0.29) is 5.91 Å². The van der Waals surface area contributed by atoms with E-state index in [0.717, 1.165) is 37.2 Å². The van der Waals surface area contributed by atoms with Gasteiger partial charge in [0.05, 0.1) is 38.8 Å². The van der Waals surface area contributed by atoms with Gasteiger partial charge in [-0.3, -0.25) is 14.6 Å². The first kappa shape index (κ1) is 15.1. The maximum Gasteiger partial charge on any atom is 0.293 e. The Morgan fingerprint density at radius 2 is 1.70 bits per heavy atom. The van der Waals surface area contributed by atoms with Crippen molar-refractivity contribution in [1.29, 1.82) is 0 Å². The zero-order valence-electron chi connectivity index (χ0n) is 13.2. The van der Waals surface area contributed by atoms with Crippen LogP contribution in [0.2, 0.25) is 0 Å². The number of rotatable bonds is 2. The molecule has 0 saturated carbocycles. The summed E-state index contributed by atoms with van der Waals surface area (Å²) >= 11 is 0. The zero-order valence-corrected chi connectivity index (χ0v) is 13.2. The normalized spacial score (nSPS) is 24.7. The van der Waals surface area contributed by atoms with Crippen LogP contribution in [0.15, 0.2) is 24.3 Å². The number of carbonyl (C=O) groups is 1. The molecule has 0 aliphatic carbocycles. The van der Waals surface area contributed by atoms with Gasteiger partial charge in [-0.15, -0.1) is 0 Å². The van der Waals surface area contributed by atoms with Crippen molar-refractivity contribution in [2.24, 2.45) is 0 Å². The lowest BCUT2D eigenvalue weighted by Crippen LogP contribution is -2.50. The van der Waals surface area contributed by atoms with E-state index < -0.39 is 5.79 Å². The average Bonchev–Trinajstić information content (AvgIpc) is 2.78. The van der Waals surface area contributed by atoms with Crippen LogP contribution >= 0.6 is 0 Å². The predicted molar refractivity (Wildman–Crippen MR) is 84.0 cm³/mol. The SMILES string of the molecule is O=C1N(CN2CCOCC2)c2ccccc2C12OCCCCO2. The molecule has 124 valence electrons. The minimum absolute atomic E-state index is 0.105. The number of morpholine rings is 1. The van der Waals surface area contributed by atoms with Crippen molar-refractivity contribution in [1.82, 2.24) is 4.90 Å². The fourth-order valence-corrected chi connectivity index (χ4v) is 3.43. The summed E-state index contributed by atoms with van der Waals surface area (Å²) in [7, 11) is 0. The number of amides is 1. The third kappa shape index (κ3) is 2.55. The van der Waals surface area contributed by atoms with Crippen molar-refractivity contribution >= 4 is 11.6 Å². The Labute approximate surface area is 135 Å². The predicted octanol–water partition coefficient (Wildman–Crippen LogP) is 1.30. The van der Waals surface area contributed by atoms with E-state index in [1.54, 1.807) is 4.90 Å². The lowest BCUT2D eigenvalue weighted by Gasteiger charge is -2.32. The molecule has 23 heavy (non-hydrogen) atoms. The van der Waals surface area contributed by atoms with E-state index >= 15 is 0 Å². The smallest absolute Gasteiger partial charge is 0.293 e. The first-order valence-electron chi connectivity index (χ1n) is 8.31. The highest BCUT2D eigenvalue weighted by atomic mass is 16.7. The number of carbonyl (C=O) groups excluding carboxylic acids is 1. The molecule has 2 saturated heterocycles. The molecule has 0 N–H and O–H groups in total. The minimum atomic E-state index is -1.25. The topological polar surface area (TPSA) is 51.2 Å². The van der Waals surface area contributed by atoms with E-state index in [1.807, 2.05) is 24.3 Å². The Bertz CT molecular complexity index is 578. The standard InChI is InChI=1S/C17H22N2O4/c20-16-17(22-9-3-4-10-23-17)14-5-1-2-6-15(14)19(16)13-18-7-11-21-12-8-18/h1-2,5-6H,3-4,7-13H2. The van der Waals surface area contributed by atoms with Crippen molar-refractivity contribution in [2.75, 3.05) is 51.1 Å². The summed E-state index contributed by atoms with van der Waals surface area (Å²) in [6, 6.07) is 7.80. The number of benzene rings is 1. The van der Waals surface area contributed by atoms with Crippen LogP contribution in [0.5, 0.6) is 0 Å². The maximum atomic E-state index is 13.2. The van der Waals surface area contributed by atoms with Crippen LogP contribution in [0, 0.1) is 0 Å². The molecule has 0 bridgehead atoms. The largest absolute Gasteiger partial charge is 0.379 e. The molecule has 1 spiro atoms. The molecule has 3 aliphatic rings. The first-order chi connectivity index (χ1) is 11.3. The Kier molecular flexibility index (Phi) is 4.07. The first-order valence-corrected chi connectivity index (χ1v) is 8.31. The average molecular weight is 318 g/mol. The molecule has 1 aromatic rings. The molecule has 4 rings (SSSR count). The minimum Gasteiger partial charge on any atom is -0.379 e. The molecule has 0 atom stereocenters. The molecule has 0 radical (unpaired) electrons. The lowest BCUT2D eigenvalue weighted by molar-refractivity contribution is -0.223.